The second-order valence-electron chi connectivity index (χ2n) is 6.34. The Labute approximate surface area is 146 Å². The lowest BCUT2D eigenvalue weighted by Gasteiger charge is -2.26. The third-order valence-corrected chi connectivity index (χ3v) is 4.67. The Balaban J connectivity index is 1.32. The summed E-state index contributed by atoms with van der Waals surface area (Å²) in [6.07, 6.45) is 3.57. The van der Waals surface area contributed by atoms with Gasteiger partial charge in [-0.25, -0.2) is 0 Å². The van der Waals surface area contributed by atoms with Gasteiger partial charge in [0.2, 0.25) is 5.91 Å². The molecule has 2 aromatic rings. The van der Waals surface area contributed by atoms with Gasteiger partial charge in [-0.05, 0) is 6.07 Å². The molecule has 1 saturated heterocycles. The number of rotatable bonds is 5. The van der Waals surface area contributed by atoms with Gasteiger partial charge in [0.05, 0.1) is 31.6 Å². The molecule has 4 rings (SSSR count). The molecule has 1 aromatic heterocycles. The first-order valence-corrected chi connectivity index (χ1v) is 8.65. The van der Waals surface area contributed by atoms with E-state index in [0.717, 1.165) is 56.4 Å². The highest BCUT2D eigenvalue weighted by Crippen LogP contribution is 2.34. The summed E-state index contributed by atoms with van der Waals surface area (Å²) in [5, 5.41) is 7.28. The summed E-state index contributed by atoms with van der Waals surface area (Å²) in [5.74, 6) is 0.467. The van der Waals surface area contributed by atoms with Crippen LogP contribution < -0.4 is 10.1 Å². The van der Waals surface area contributed by atoms with Crippen molar-refractivity contribution in [3.05, 3.63) is 42.2 Å². The van der Waals surface area contributed by atoms with E-state index < -0.39 is 0 Å². The first-order chi connectivity index (χ1) is 12.3. The van der Waals surface area contributed by atoms with E-state index in [9.17, 15) is 4.79 Å². The van der Waals surface area contributed by atoms with Gasteiger partial charge in [-0.2, -0.15) is 5.10 Å². The number of carbonyl (C=O) groups is 1. The average Bonchev–Trinajstić information content (AvgIpc) is 3.27. The zero-order valence-electron chi connectivity index (χ0n) is 14.1. The predicted octanol–water partition coefficient (Wildman–Crippen LogP) is 1.33. The maximum absolute atomic E-state index is 12.5. The number of nitrogens with one attached hydrogen (secondary N) is 1. The first kappa shape index (κ1) is 16.1. The monoisotopic (exact) mass is 342 g/mol. The van der Waals surface area contributed by atoms with Gasteiger partial charge >= 0.3 is 0 Å². The number of carbonyl (C=O) groups excluding carboxylic acids is 1. The fourth-order valence-electron chi connectivity index (χ4n) is 3.23. The van der Waals surface area contributed by atoms with Crippen molar-refractivity contribution in [3.8, 4) is 5.75 Å². The molecular formula is C18H22N4O3. The molecule has 25 heavy (non-hydrogen) atoms. The van der Waals surface area contributed by atoms with E-state index in [-0.39, 0.29) is 11.8 Å². The van der Waals surface area contributed by atoms with Crippen molar-refractivity contribution < 1.29 is 14.3 Å². The number of hydrogen-bond acceptors (Lipinski definition) is 5. The Morgan fingerprint density at radius 3 is 2.96 bits per heavy atom. The van der Waals surface area contributed by atoms with Crippen LogP contribution in [0.3, 0.4) is 0 Å². The van der Waals surface area contributed by atoms with Crippen LogP contribution in [0.1, 0.15) is 11.5 Å². The van der Waals surface area contributed by atoms with Gasteiger partial charge < -0.3 is 14.8 Å². The van der Waals surface area contributed by atoms with Crippen LogP contribution in [-0.2, 0) is 16.1 Å². The largest absolute Gasteiger partial charge is 0.492 e. The molecule has 1 N–H and O–H groups in total. The number of fused-ring (bicyclic) bond motifs is 1. The molecule has 3 heterocycles. The summed E-state index contributed by atoms with van der Waals surface area (Å²) in [6, 6.07) is 7.68. The lowest BCUT2D eigenvalue weighted by atomic mass is 10.0. The van der Waals surface area contributed by atoms with Crippen LogP contribution in [-0.4, -0.2) is 60.0 Å². The van der Waals surface area contributed by atoms with Crippen molar-refractivity contribution in [3.63, 3.8) is 0 Å². The number of morpholine rings is 1. The number of anilines is 1. The average molecular weight is 342 g/mol. The van der Waals surface area contributed by atoms with Crippen LogP contribution in [0.15, 0.2) is 36.7 Å². The summed E-state index contributed by atoms with van der Waals surface area (Å²) < 4.78 is 12.8. The van der Waals surface area contributed by atoms with Gasteiger partial charge in [-0.3, -0.25) is 14.4 Å². The molecule has 1 amide bonds. The van der Waals surface area contributed by atoms with Crippen LogP contribution in [0.4, 0.5) is 5.69 Å². The zero-order valence-corrected chi connectivity index (χ0v) is 14.1. The molecule has 1 atom stereocenters. The molecule has 0 unspecified atom stereocenters. The van der Waals surface area contributed by atoms with Crippen molar-refractivity contribution in [1.29, 1.82) is 0 Å². The summed E-state index contributed by atoms with van der Waals surface area (Å²) in [7, 11) is 0. The lowest BCUT2D eigenvalue weighted by molar-refractivity contribution is -0.117. The van der Waals surface area contributed by atoms with Crippen molar-refractivity contribution in [2.75, 3.05) is 44.8 Å². The number of amides is 1. The van der Waals surface area contributed by atoms with Gasteiger partial charge in [0, 0.05) is 31.4 Å². The third-order valence-electron chi connectivity index (χ3n) is 4.67. The molecule has 0 aliphatic carbocycles. The first-order valence-electron chi connectivity index (χ1n) is 8.65. The van der Waals surface area contributed by atoms with Crippen LogP contribution >= 0.6 is 0 Å². The molecule has 132 valence electrons. The van der Waals surface area contributed by atoms with E-state index in [1.165, 1.54) is 0 Å². The normalized spacial score (nSPS) is 20.1. The molecule has 7 heteroatoms. The summed E-state index contributed by atoms with van der Waals surface area (Å²) in [4.78, 5) is 14.9. The zero-order chi connectivity index (χ0) is 17.1. The highest BCUT2D eigenvalue weighted by atomic mass is 16.5. The SMILES string of the molecule is O=C(Nc1cnn(CCN2CCOCC2)c1)[C@H]1COc2ccccc21. The molecule has 0 saturated carbocycles. The molecular weight excluding hydrogens is 320 g/mol. The van der Waals surface area contributed by atoms with Crippen molar-refractivity contribution >= 4 is 11.6 Å². The minimum Gasteiger partial charge on any atom is -0.492 e. The number of para-hydroxylation sites is 1. The second-order valence-corrected chi connectivity index (χ2v) is 6.34. The number of benzene rings is 1. The van der Waals surface area contributed by atoms with E-state index in [1.54, 1.807) is 6.20 Å². The molecule has 1 aromatic carbocycles. The standard InChI is InChI=1S/C18H22N4O3/c23-18(16-13-25-17-4-2-1-3-15(16)17)20-14-11-19-22(12-14)6-5-21-7-9-24-10-8-21/h1-4,11-12,16H,5-10,13H2,(H,20,23)/t16-/m0/s1. The number of ether oxygens (including phenoxy) is 2. The maximum atomic E-state index is 12.5. The van der Waals surface area contributed by atoms with Crippen LogP contribution in [0, 0.1) is 0 Å². The minimum absolute atomic E-state index is 0.0577. The van der Waals surface area contributed by atoms with Crippen molar-refractivity contribution in [1.82, 2.24) is 14.7 Å². The number of nitrogens with zero attached hydrogens (tertiary/aromatic N) is 3. The summed E-state index contributed by atoms with van der Waals surface area (Å²) in [5.41, 5.74) is 1.66. The molecule has 2 aliphatic heterocycles. The van der Waals surface area contributed by atoms with Crippen LogP contribution in [0.2, 0.25) is 0 Å². The Hall–Kier alpha value is -2.38. The quantitative estimate of drug-likeness (QED) is 0.888. The maximum Gasteiger partial charge on any atom is 0.235 e. The predicted molar refractivity (Wildman–Crippen MR) is 92.8 cm³/mol. The molecule has 1 fully saturated rings. The summed E-state index contributed by atoms with van der Waals surface area (Å²) >= 11 is 0. The van der Waals surface area contributed by atoms with E-state index in [1.807, 2.05) is 35.1 Å². The van der Waals surface area contributed by atoms with Gasteiger partial charge in [-0.15, -0.1) is 0 Å². The van der Waals surface area contributed by atoms with E-state index in [4.69, 9.17) is 9.47 Å². The van der Waals surface area contributed by atoms with Crippen molar-refractivity contribution in [2.45, 2.75) is 12.5 Å². The smallest absolute Gasteiger partial charge is 0.235 e. The van der Waals surface area contributed by atoms with E-state index in [2.05, 4.69) is 15.3 Å². The molecule has 0 spiro atoms. The Bertz CT molecular complexity index is 739. The lowest BCUT2D eigenvalue weighted by Crippen LogP contribution is -2.38. The Kier molecular flexibility index (Phi) is 4.67. The minimum atomic E-state index is -0.270. The van der Waals surface area contributed by atoms with Gasteiger partial charge in [0.1, 0.15) is 18.3 Å². The highest BCUT2D eigenvalue weighted by Gasteiger charge is 2.30. The van der Waals surface area contributed by atoms with Crippen molar-refractivity contribution in [2.24, 2.45) is 0 Å². The third kappa shape index (κ3) is 3.67. The van der Waals surface area contributed by atoms with Gasteiger partial charge in [0.15, 0.2) is 0 Å². The van der Waals surface area contributed by atoms with Gasteiger partial charge in [-0.1, -0.05) is 18.2 Å². The summed E-state index contributed by atoms with van der Waals surface area (Å²) in [6.45, 7) is 5.64. The molecule has 2 aliphatic rings. The fourth-order valence-corrected chi connectivity index (χ4v) is 3.23. The highest BCUT2D eigenvalue weighted by molar-refractivity contribution is 5.96. The second kappa shape index (κ2) is 7.25. The number of aromatic nitrogens is 2. The van der Waals surface area contributed by atoms with Gasteiger partial charge in [0.25, 0.3) is 0 Å². The van der Waals surface area contributed by atoms with Crippen LogP contribution in [0.25, 0.3) is 0 Å². The molecule has 0 radical (unpaired) electrons. The topological polar surface area (TPSA) is 68.6 Å². The molecule has 7 nitrogen and oxygen atoms in total. The van der Waals surface area contributed by atoms with Crippen LogP contribution in [0.5, 0.6) is 5.75 Å². The number of hydrogen-bond donors (Lipinski definition) is 1. The molecule has 0 bridgehead atoms. The van der Waals surface area contributed by atoms with E-state index in [0.29, 0.717) is 6.61 Å². The fraction of sp³-hybridized carbons (Fsp3) is 0.444. The Morgan fingerprint density at radius 2 is 2.08 bits per heavy atom. The van der Waals surface area contributed by atoms with E-state index >= 15 is 0 Å². The Morgan fingerprint density at radius 1 is 1.24 bits per heavy atom.